The molecule has 0 spiro atoms. The maximum absolute atomic E-state index is 10.2. The minimum Gasteiger partial charge on any atom is -0.497 e. The summed E-state index contributed by atoms with van der Waals surface area (Å²) in [6.45, 7) is 1.99. The van der Waals surface area contributed by atoms with Gasteiger partial charge in [0.25, 0.3) is 0 Å². The molecule has 0 radical (unpaired) electrons. The number of hydrogen-bond donors (Lipinski definition) is 1. The quantitative estimate of drug-likeness (QED) is 0.897. The molecule has 3 nitrogen and oxygen atoms in total. The van der Waals surface area contributed by atoms with E-state index in [1.54, 1.807) is 13.3 Å². The summed E-state index contributed by atoms with van der Waals surface area (Å²) in [4.78, 5) is 4.20. The van der Waals surface area contributed by atoms with Gasteiger partial charge in [-0.3, -0.25) is 4.98 Å². The van der Waals surface area contributed by atoms with E-state index >= 15 is 0 Å². The van der Waals surface area contributed by atoms with Gasteiger partial charge in [0, 0.05) is 12.6 Å². The van der Waals surface area contributed by atoms with Crippen LogP contribution in [0.1, 0.15) is 22.9 Å². The molecular weight excluding hydrogens is 226 g/mol. The van der Waals surface area contributed by atoms with Crippen LogP contribution in [-0.2, 0) is 6.42 Å². The molecule has 0 aliphatic rings. The van der Waals surface area contributed by atoms with Gasteiger partial charge in [-0.1, -0.05) is 12.1 Å². The summed E-state index contributed by atoms with van der Waals surface area (Å²) in [5, 5.41) is 10.2. The van der Waals surface area contributed by atoms with Crippen molar-refractivity contribution in [3.05, 3.63) is 59.4 Å². The molecule has 0 aliphatic carbocycles. The topological polar surface area (TPSA) is 42.4 Å². The van der Waals surface area contributed by atoms with Crippen molar-refractivity contribution >= 4 is 0 Å². The lowest BCUT2D eigenvalue weighted by atomic mass is 10.0. The molecule has 94 valence electrons. The molecule has 1 N–H and O–H groups in total. The number of hydrogen-bond acceptors (Lipinski definition) is 3. The van der Waals surface area contributed by atoms with Gasteiger partial charge in [-0.05, 0) is 42.3 Å². The van der Waals surface area contributed by atoms with Crippen LogP contribution in [0.4, 0.5) is 0 Å². The first-order valence-corrected chi connectivity index (χ1v) is 5.92. The van der Waals surface area contributed by atoms with Crippen LogP contribution in [0.3, 0.4) is 0 Å². The highest BCUT2D eigenvalue weighted by atomic mass is 16.5. The van der Waals surface area contributed by atoms with Gasteiger partial charge in [0.2, 0.25) is 0 Å². The van der Waals surface area contributed by atoms with Crippen molar-refractivity contribution in [3.63, 3.8) is 0 Å². The van der Waals surface area contributed by atoms with E-state index in [0.717, 1.165) is 16.9 Å². The van der Waals surface area contributed by atoms with Gasteiger partial charge in [0.05, 0.1) is 18.9 Å². The van der Waals surface area contributed by atoms with Crippen molar-refractivity contribution in [2.45, 2.75) is 19.4 Å². The second-order valence-electron chi connectivity index (χ2n) is 4.33. The summed E-state index contributed by atoms with van der Waals surface area (Å²) in [6, 6.07) is 11.5. The smallest absolute Gasteiger partial charge is 0.119 e. The summed E-state index contributed by atoms with van der Waals surface area (Å²) in [6.07, 6.45) is 1.67. The van der Waals surface area contributed by atoms with Crippen LogP contribution in [-0.4, -0.2) is 17.2 Å². The lowest BCUT2D eigenvalue weighted by Gasteiger charge is -2.11. The van der Waals surface area contributed by atoms with E-state index in [9.17, 15) is 5.11 Å². The number of aliphatic hydroxyl groups excluding tert-OH is 1. The minimum atomic E-state index is -0.586. The third kappa shape index (κ3) is 3.08. The summed E-state index contributed by atoms with van der Waals surface area (Å²) in [5.74, 6) is 0.803. The van der Waals surface area contributed by atoms with Crippen molar-refractivity contribution < 1.29 is 9.84 Å². The maximum atomic E-state index is 10.2. The maximum Gasteiger partial charge on any atom is 0.119 e. The fraction of sp³-hybridized carbons (Fsp3) is 0.267. The third-order valence-electron chi connectivity index (χ3n) is 2.84. The first-order valence-electron chi connectivity index (χ1n) is 5.92. The molecule has 0 amide bonds. The average molecular weight is 243 g/mol. The van der Waals surface area contributed by atoms with Crippen molar-refractivity contribution in [1.82, 2.24) is 4.98 Å². The zero-order valence-electron chi connectivity index (χ0n) is 10.6. The number of nitrogens with zero attached hydrogens (tertiary/aromatic N) is 1. The fourth-order valence-corrected chi connectivity index (χ4v) is 1.87. The van der Waals surface area contributed by atoms with E-state index in [-0.39, 0.29) is 0 Å². The molecule has 1 unspecified atom stereocenters. The molecule has 0 fully saturated rings. The van der Waals surface area contributed by atoms with Gasteiger partial charge in [-0.15, -0.1) is 0 Å². The SMILES string of the molecule is COc1cccc(CC(O)c2cc(C)ccn2)c1. The van der Waals surface area contributed by atoms with Crippen LogP contribution in [0.15, 0.2) is 42.6 Å². The highest BCUT2D eigenvalue weighted by Gasteiger charge is 2.10. The highest BCUT2D eigenvalue weighted by Crippen LogP contribution is 2.20. The molecule has 1 heterocycles. The van der Waals surface area contributed by atoms with E-state index in [0.29, 0.717) is 12.1 Å². The Morgan fingerprint density at radius 1 is 1.28 bits per heavy atom. The molecule has 3 heteroatoms. The minimum absolute atomic E-state index is 0.535. The monoisotopic (exact) mass is 243 g/mol. The normalized spacial score (nSPS) is 12.2. The summed E-state index contributed by atoms with van der Waals surface area (Å²) in [5.41, 5.74) is 2.84. The predicted molar refractivity (Wildman–Crippen MR) is 70.6 cm³/mol. The average Bonchev–Trinajstić information content (AvgIpc) is 2.39. The van der Waals surface area contributed by atoms with E-state index in [1.165, 1.54) is 0 Å². The van der Waals surface area contributed by atoms with Crippen LogP contribution in [0, 0.1) is 6.92 Å². The Morgan fingerprint density at radius 2 is 2.11 bits per heavy atom. The number of pyridine rings is 1. The molecule has 0 saturated heterocycles. The number of aromatic nitrogens is 1. The summed E-state index contributed by atoms with van der Waals surface area (Å²) < 4.78 is 5.16. The van der Waals surface area contributed by atoms with Crippen molar-refractivity contribution in [2.24, 2.45) is 0 Å². The van der Waals surface area contributed by atoms with Gasteiger partial charge >= 0.3 is 0 Å². The molecule has 1 atom stereocenters. The molecule has 0 aliphatic heterocycles. The Bertz CT molecular complexity index is 525. The Balaban J connectivity index is 2.13. The van der Waals surface area contributed by atoms with Crippen molar-refractivity contribution in [3.8, 4) is 5.75 Å². The van der Waals surface area contributed by atoms with Gasteiger partial charge in [-0.2, -0.15) is 0 Å². The Morgan fingerprint density at radius 3 is 2.83 bits per heavy atom. The largest absolute Gasteiger partial charge is 0.497 e. The molecule has 1 aromatic carbocycles. The Kier molecular flexibility index (Phi) is 3.95. The molecule has 0 bridgehead atoms. The van der Waals surface area contributed by atoms with Crippen LogP contribution in [0.25, 0.3) is 0 Å². The summed E-state index contributed by atoms with van der Waals surface area (Å²) >= 11 is 0. The molecule has 2 aromatic rings. The number of rotatable bonds is 4. The summed E-state index contributed by atoms with van der Waals surface area (Å²) in [7, 11) is 1.64. The number of aliphatic hydroxyl groups is 1. The molecule has 18 heavy (non-hydrogen) atoms. The van der Waals surface area contributed by atoms with Gasteiger partial charge in [-0.25, -0.2) is 0 Å². The third-order valence-corrected chi connectivity index (χ3v) is 2.84. The van der Waals surface area contributed by atoms with Crippen molar-refractivity contribution in [2.75, 3.05) is 7.11 Å². The van der Waals surface area contributed by atoms with Crippen LogP contribution in [0.2, 0.25) is 0 Å². The van der Waals surface area contributed by atoms with Gasteiger partial charge < -0.3 is 9.84 Å². The number of methoxy groups -OCH3 is 1. The molecular formula is C15H17NO2. The zero-order chi connectivity index (χ0) is 13.0. The number of aryl methyl sites for hydroxylation is 1. The highest BCUT2D eigenvalue weighted by molar-refractivity contribution is 5.29. The first-order chi connectivity index (χ1) is 8.69. The van der Waals surface area contributed by atoms with Gasteiger partial charge in [0.15, 0.2) is 0 Å². The van der Waals surface area contributed by atoms with Gasteiger partial charge in [0.1, 0.15) is 5.75 Å². The van der Waals surface area contributed by atoms with Crippen LogP contribution >= 0.6 is 0 Å². The van der Waals surface area contributed by atoms with Crippen molar-refractivity contribution in [1.29, 1.82) is 0 Å². The standard InChI is InChI=1S/C15H17NO2/c1-11-6-7-16-14(8-11)15(17)10-12-4-3-5-13(9-12)18-2/h3-9,15,17H,10H2,1-2H3. The number of ether oxygens (including phenoxy) is 1. The molecule has 0 saturated carbocycles. The molecule has 1 aromatic heterocycles. The van der Waals surface area contributed by atoms with E-state index in [2.05, 4.69) is 4.98 Å². The van der Waals surface area contributed by atoms with E-state index in [1.807, 2.05) is 43.3 Å². The lowest BCUT2D eigenvalue weighted by molar-refractivity contribution is 0.173. The Labute approximate surface area is 107 Å². The lowest BCUT2D eigenvalue weighted by Crippen LogP contribution is -2.04. The predicted octanol–water partition coefficient (Wildman–Crippen LogP) is 2.67. The molecule has 2 rings (SSSR count). The first kappa shape index (κ1) is 12.6. The fourth-order valence-electron chi connectivity index (χ4n) is 1.87. The van der Waals surface area contributed by atoms with E-state index in [4.69, 9.17) is 4.74 Å². The number of benzene rings is 1. The second kappa shape index (κ2) is 5.65. The van der Waals surface area contributed by atoms with E-state index < -0.39 is 6.10 Å². The van der Waals surface area contributed by atoms with Crippen LogP contribution < -0.4 is 4.74 Å². The second-order valence-corrected chi connectivity index (χ2v) is 4.33. The van der Waals surface area contributed by atoms with Crippen LogP contribution in [0.5, 0.6) is 5.75 Å². The Hall–Kier alpha value is -1.87. The zero-order valence-corrected chi connectivity index (χ0v) is 10.6.